The minimum atomic E-state index is -1.66. The predicted octanol–water partition coefficient (Wildman–Crippen LogP) is 8.82. The molecule has 8 aliphatic rings. The first-order valence-electron chi connectivity index (χ1n) is 29.7. The van der Waals surface area contributed by atoms with Crippen LogP contribution in [0.25, 0.3) is 0 Å². The molecule has 84 heavy (non-hydrogen) atoms. The summed E-state index contributed by atoms with van der Waals surface area (Å²) in [5.74, 6) is -5.52. The van der Waals surface area contributed by atoms with Crippen LogP contribution in [-0.2, 0) is 41.4 Å². The van der Waals surface area contributed by atoms with E-state index in [-0.39, 0.29) is 74.5 Å². The first-order chi connectivity index (χ1) is 39.8. The molecule has 4 fully saturated rings. The Labute approximate surface area is 491 Å². The number of esters is 4. The van der Waals surface area contributed by atoms with Gasteiger partial charge in [-0.25, -0.2) is 9.59 Å². The fourth-order valence-corrected chi connectivity index (χ4v) is 17.4. The van der Waals surface area contributed by atoms with Crippen LogP contribution in [0.3, 0.4) is 0 Å². The fraction of sp³-hybridized carbons (Fsp3) is 0.486. The normalized spacial score (nSPS) is 37.6. The molecule has 14 nitrogen and oxygen atoms in total. The van der Waals surface area contributed by atoms with Gasteiger partial charge in [-0.1, -0.05) is 163 Å². The van der Waals surface area contributed by atoms with Crippen molar-refractivity contribution in [2.24, 2.45) is 58.2 Å². The number of aliphatic hydroxyl groups is 6. The second kappa shape index (κ2) is 21.2. The Kier molecular flexibility index (Phi) is 14.9. The zero-order chi connectivity index (χ0) is 60.2. The number of ether oxygens (including phenoxy) is 4. The van der Waals surface area contributed by atoms with E-state index in [1.54, 1.807) is 62.4 Å². The lowest BCUT2D eigenvalue weighted by Crippen LogP contribution is -2.62. The predicted molar refractivity (Wildman–Crippen MR) is 312 cm³/mol. The molecule has 14 heteroatoms. The van der Waals surface area contributed by atoms with Crippen molar-refractivity contribution in [1.29, 1.82) is 0 Å². The van der Waals surface area contributed by atoms with Gasteiger partial charge in [0.25, 0.3) is 0 Å². The zero-order valence-electron chi connectivity index (χ0n) is 49.2. The first-order valence-corrected chi connectivity index (χ1v) is 29.7. The van der Waals surface area contributed by atoms with Gasteiger partial charge in [0, 0.05) is 59.2 Å². The molecule has 0 heterocycles. The molecular formula is C70H80O14. The Hall–Kier alpha value is -6.52. The molecule has 16 atom stereocenters. The van der Waals surface area contributed by atoms with Gasteiger partial charge in [-0.05, 0) is 96.2 Å². The summed E-state index contributed by atoms with van der Waals surface area (Å²) in [4.78, 5) is 52.7. The maximum Gasteiger partial charge on any atom is 0.338 e. The lowest BCUT2D eigenvalue weighted by Gasteiger charge is -2.51. The Morgan fingerprint density at radius 2 is 0.810 bits per heavy atom. The van der Waals surface area contributed by atoms with Crippen LogP contribution >= 0.6 is 0 Å². The van der Waals surface area contributed by atoms with Crippen LogP contribution < -0.4 is 0 Å². The van der Waals surface area contributed by atoms with E-state index in [4.69, 9.17) is 18.9 Å². The second-order valence-corrected chi connectivity index (χ2v) is 26.9. The molecular weight excluding hydrogens is 1060 g/mol. The van der Waals surface area contributed by atoms with Crippen LogP contribution in [0.2, 0.25) is 0 Å². The van der Waals surface area contributed by atoms with E-state index in [0.717, 1.165) is 11.1 Å². The Morgan fingerprint density at radius 1 is 0.488 bits per heavy atom. The van der Waals surface area contributed by atoms with Crippen molar-refractivity contribution in [2.75, 3.05) is 13.2 Å². The third-order valence-corrected chi connectivity index (χ3v) is 21.5. The van der Waals surface area contributed by atoms with Crippen molar-refractivity contribution >= 4 is 23.9 Å². The van der Waals surface area contributed by atoms with Gasteiger partial charge >= 0.3 is 23.9 Å². The highest BCUT2D eigenvalue weighted by atomic mass is 16.6. The minimum absolute atomic E-state index is 0.0359. The molecule has 0 radical (unpaired) electrons. The summed E-state index contributed by atoms with van der Waals surface area (Å²) in [5.41, 5.74) is -3.73. The maximum atomic E-state index is 13.2. The van der Waals surface area contributed by atoms with Gasteiger partial charge in [0.1, 0.15) is 22.4 Å². The van der Waals surface area contributed by atoms with Crippen molar-refractivity contribution < 1.29 is 68.8 Å². The van der Waals surface area contributed by atoms with Crippen LogP contribution in [-0.4, -0.2) is 114 Å². The lowest BCUT2D eigenvalue weighted by molar-refractivity contribution is -0.196. The largest absolute Gasteiger partial charge is 0.458 e. The van der Waals surface area contributed by atoms with Gasteiger partial charge in [0.2, 0.25) is 0 Å². The molecule has 4 saturated carbocycles. The van der Waals surface area contributed by atoms with E-state index < -0.39 is 92.3 Å². The average molecular weight is 1150 g/mol. The van der Waals surface area contributed by atoms with Crippen molar-refractivity contribution in [1.82, 2.24) is 0 Å². The molecule has 0 bridgehead atoms. The van der Waals surface area contributed by atoms with Crippen LogP contribution in [0.1, 0.15) is 113 Å². The van der Waals surface area contributed by atoms with E-state index in [0.29, 0.717) is 46.3 Å². The number of hydrogen-bond acceptors (Lipinski definition) is 14. The number of benzene rings is 4. The summed E-state index contributed by atoms with van der Waals surface area (Å²) in [7, 11) is 0. The number of aliphatic hydroxyl groups excluding tert-OH is 2. The number of carbonyl (C=O) groups is 4. The Morgan fingerprint density at radius 3 is 1.13 bits per heavy atom. The molecule has 4 aromatic rings. The Bertz CT molecular complexity index is 3110. The van der Waals surface area contributed by atoms with Crippen molar-refractivity contribution in [3.05, 3.63) is 190 Å². The van der Waals surface area contributed by atoms with Gasteiger partial charge in [0.15, 0.2) is 12.2 Å². The fourth-order valence-electron chi connectivity index (χ4n) is 17.4. The van der Waals surface area contributed by atoms with Gasteiger partial charge in [-0.15, -0.1) is 0 Å². The molecule has 0 aromatic heterocycles. The van der Waals surface area contributed by atoms with Crippen LogP contribution in [0.4, 0.5) is 0 Å². The summed E-state index contributed by atoms with van der Waals surface area (Å²) in [5, 5.41) is 71.3. The number of rotatable bonds is 12. The highest BCUT2D eigenvalue weighted by Gasteiger charge is 2.85. The molecule has 0 spiro atoms. The molecule has 0 saturated heterocycles. The van der Waals surface area contributed by atoms with Crippen LogP contribution in [0.15, 0.2) is 168 Å². The Balaban J connectivity index is 0.000000175. The summed E-state index contributed by atoms with van der Waals surface area (Å²) in [6.45, 7) is 15.1. The highest BCUT2D eigenvalue weighted by Crippen LogP contribution is 2.78. The quantitative estimate of drug-likeness (QED) is 0.0443. The van der Waals surface area contributed by atoms with E-state index in [1.807, 2.05) is 111 Å². The SMILES string of the molecule is CC1=C[C@@H]2[C@](O)(CC(CO)=C[C@H]3[C@@H]4C(C)(C)[C@]4(OC(=O)Cc4ccccc4)C[C@@H](C)[C@]23O)[C@@H]1OC(=O)c1ccccc1.CC1=C[C@@H]2[C@](O)(CC(CO)=C[C@H]3[C@@H]4C(C)(C)[C@]4(OC(=O)Cc4ccccc4)C[C@@H](C)[C@]23O)[C@H]1OC(=O)c1ccccc1. The lowest BCUT2D eigenvalue weighted by atomic mass is 9.60. The molecule has 6 N–H and O–H groups in total. The summed E-state index contributed by atoms with van der Waals surface area (Å²) in [6, 6.07) is 36.2. The zero-order valence-corrected chi connectivity index (χ0v) is 49.2. The van der Waals surface area contributed by atoms with Crippen LogP contribution in [0, 0.1) is 58.2 Å². The number of carbonyl (C=O) groups excluding carboxylic acids is 4. The molecule has 8 aliphatic carbocycles. The molecule has 12 rings (SSSR count). The highest BCUT2D eigenvalue weighted by molar-refractivity contribution is 5.90. The van der Waals surface area contributed by atoms with E-state index in [9.17, 15) is 49.8 Å². The number of hydrogen-bond donors (Lipinski definition) is 6. The maximum absolute atomic E-state index is 13.2. The molecule has 444 valence electrons. The average Bonchev–Trinajstić information content (AvgIpc) is 1.55. The summed E-state index contributed by atoms with van der Waals surface area (Å²) >= 11 is 0. The minimum Gasteiger partial charge on any atom is -0.458 e. The standard InChI is InChI=1S/2C35H40O7/c2*1-21-15-27-33(39,30(21)41-31(38)25-13-9-6-10-14-25)19-24(20-36)16-26-29-32(3,4)34(29,18-22(2)35(26,27)40)42-28(37)17-23-11-7-5-8-12-23/h2*5-16,22,26-27,29-30,36,39-40H,17-20H2,1-4H3/t22-,26+,27-,29-,30+,33-,34+,35-;22-,26+,27-,29-,30-,33-,34+,35-/m11/s1. The smallest absolute Gasteiger partial charge is 0.338 e. The van der Waals surface area contributed by atoms with Crippen molar-refractivity contribution in [2.45, 2.75) is 140 Å². The third-order valence-electron chi connectivity index (χ3n) is 21.5. The monoisotopic (exact) mass is 1140 g/mol. The number of fused-ring (bicyclic) bond motifs is 10. The first kappa shape index (κ1) is 59.2. The second-order valence-electron chi connectivity index (χ2n) is 26.9. The molecule has 0 unspecified atom stereocenters. The van der Waals surface area contributed by atoms with Crippen LogP contribution in [0.5, 0.6) is 0 Å². The van der Waals surface area contributed by atoms with Gasteiger partial charge in [-0.3, -0.25) is 9.59 Å². The molecule has 0 aliphatic heterocycles. The van der Waals surface area contributed by atoms with Gasteiger partial charge in [-0.2, -0.15) is 0 Å². The summed E-state index contributed by atoms with van der Waals surface area (Å²) in [6.07, 6.45) is 6.73. The topological polar surface area (TPSA) is 227 Å². The summed E-state index contributed by atoms with van der Waals surface area (Å²) < 4.78 is 24.6. The van der Waals surface area contributed by atoms with Crippen molar-refractivity contribution in [3.8, 4) is 0 Å². The van der Waals surface area contributed by atoms with E-state index >= 15 is 0 Å². The van der Waals surface area contributed by atoms with E-state index in [2.05, 4.69) is 27.7 Å². The third kappa shape index (κ3) is 9.19. The van der Waals surface area contributed by atoms with Crippen molar-refractivity contribution in [3.63, 3.8) is 0 Å². The molecule has 4 aromatic carbocycles. The van der Waals surface area contributed by atoms with Gasteiger partial charge in [0.05, 0.1) is 48.4 Å². The van der Waals surface area contributed by atoms with Gasteiger partial charge < -0.3 is 49.6 Å². The molecule has 0 amide bonds. The van der Waals surface area contributed by atoms with E-state index in [1.165, 1.54) is 0 Å².